The Balaban J connectivity index is 0.00000512. The van der Waals surface area contributed by atoms with Crippen molar-refractivity contribution in [1.29, 1.82) is 0 Å². The summed E-state index contributed by atoms with van der Waals surface area (Å²) in [5.41, 5.74) is 2.15. The Morgan fingerprint density at radius 2 is 1.91 bits per heavy atom. The van der Waals surface area contributed by atoms with Crippen LogP contribution in [0.1, 0.15) is 30.4 Å². The highest BCUT2D eigenvalue weighted by atomic mass is 127. The number of ether oxygens (including phenoxy) is 2. The van der Waals surface area contributed by atoms with Crippen LogP contribution in [0.15, 0.2) is 23.2 Å². The van der Waals surface area contributed by atoms with Gasteiger partial charge in [-0.15, -0.1) is 24.0 Å². The zero-order valence-electron chi connectivity index (χ0n) is 19.1. The highest BCUT2D eigenvalue weighted by Gasteiger charge is 2.32. The van der Waals surface area contributed by atoms with Gasteiger partial charge in [0.25, 0.3) is 0 Å². The van der Waals surface area contributed by atoms with E-state index in [9.17, 15) is 13.2 Å². The van der Waals surface area contributed by atoms with Crippen molar-refractivity contribution in [1.82, 2.24) is 15.5 Å². The molecule has 0 unspecified atom stereocenters. The minimum atomic E-state index is -4.11. The molecule has 0 radical (unpaired) electrons. The third kappa shape index (κ3) is 11.0. The molecule has 1 aliphatic heterocycles. The zero-order chi connectivity index (χ0) is 22.7. The molecule has 2 N–H and O–H groups in total. The summed E-state index contributed by atoms with van der Waals surface area (Å²) >= 11 is 0. The molecule has 1 aliphatic rings. The summed E-state index contributed by atoms with van der Waals surface area (Å²) in [4.78, 5) is 5.76. The lowest BCUT2D eigenvalue weighted by Gasteiger charge is -2.32. The number of aliphatic imine (C=N–C) groups is 1. The van der Waals surface area contributed by atoms with Crippen LogP contribution in [-0.2, 0) is 11.3 Å². The van der Waals surface area contributed by atoms with Crippen molar-refractivity contribution >= 4 is 29.9 Å². The molecular formula is C22H36F3IN4O2. The second-order valence-electron chi connectivity index (χ2n) is 7.93. The number of benzene rings is 1. The molecule has 32 heavy (non-hydrogen) atoms. The summed E-state index contributed by atoms with van der Waals surface area (Å²) in [6.07, 6.45) is -1.60. The molecule has 0 atom stereocenters. The van der Waals surface area contributed by atoms with Gasteiger partial charge in [0.15, 0.2) is 5.96 Å². The number of nitrogens with zero attached hydrogens (tertiary/aromatic N) is 2. The summed E-state index contributed by atoms with van der Waals surface area (Å²) in [5, 5.41) is 6.60. The number of hydrogen-bond donors (Lipinski definition) is 2. The Morgan fingerprint density at radius 3 is 2.53 bits per heavy atom. The van der Waals surface area contributed by atoms with Crippen LogP contribution in [0.3, 0.4) is 0 Å². The van der Waals surface area contributed by atoms with E-state index in [1.807, 2.05) is 25.1 Å². The molecule has 0 amide bonds. The molecule has 1 saturated heterocycles. The van der Waals surface area contributed by atoms with E-state index >= 15 is 0 Å². The standard InChI is InChI=1S/C22H35F3N4O2.HI/c1-17-4-5-19(20(14-17)31-13-12-30-3)15-28-21(26-2)27-9-6-18-7-10-29(11-8-18)16-22(23,24)25;/h4-5,14,18H,6-13,15-16H2,1-3H3,(H2,26,27,28);1H. The lowest BCUT2D eigenvalue weighted by atomic mass is 9.93. The number of rotatable bonds is 10. The number of guanidine groups is 1. The fraction of sp³-hybridized carbons (Fsp3) is 0.682. The summed E-state index contributed by atoms with van der Waals surface area (Å²) in [6.45, 7) is 4.56. The van der Waals surface area contributed by atoms with E-state index in [2.05, 4.69) is 15.6 Å². The number of hydrogen-bond acceptors (Lipinski definition) is 4. The van der Waals surface area contributed by atoms with Gasteiger partial charge in [-0.1, -0.05) is 12.1 Å². The van der Waals surface area contributed by atoms with Gasteiger partial charge in [-0.25, -0.2) is 0 Å². The Kier molecular flexibility index (Phi) is 13.3. The SMILES string of the molecule is CN=C(NCCC1CCN(CC(F)(F)F)CC1)NCc1ccc(C)cc1OCCOC.I. The second-order valence-corrected chi connectivity index (χ2v) is 7.93. The van der Waals surface area contributed by atoms with Crippen LogP contribution in [0.5, 0.6) is 5.75 Å². The molecule has 1 heterocycles. The third-order valence-electron chi connectivity index (χ3n) is 5.39. The van der Waals surface area contributed by atoms with Crippen molar-refractivity contribution in [2.75, 3.05) is 53.6 Å². The molecule has 184 valence electrons. The average molecular weight is 572 g/mol. The Morgan fingerprint density at radius 1 is 1.19 bits per heavy atom. The summed E-state index contributed by atoms with van der Waals surface area (Å²) in [5.74, 6) is 1.96. The molecule has 1 aromatic rings. The smallest absolute Gasteiger partial charge is 0.401 e. The highest BCUT2D eigenvalue weighted by Crippen LogP contribution is 2.24. The predicted molar refractivity (Wildman–Crippen MR) is 132 cm³/mol. The van der Waals surface area contributed by atoms with E-state index in [4.69, 9.17) is 9.47 Å². The van der Waals surface area contributed by atoms with Crippen molar-refractivity contribution < 1.29 is 22.6 Å². The largest absolute Gasteiger partial charge is 0.491 e. The van der Waals surface area contributed by atoms with Gasteiger partial charge < -0.3 is 20.1 Å². The van der Waals surface area contributed by atoms with Crippen LogP contribution < -0.4 is 15.4 Å². The number of halogens is 4. The van der Waals surface area contributed by atoms with Crippen molar-refractivity contribution in [3.63, 3.8) is 0 Å². The second kappa shape index (κ2) is 14.8. The molecular weight excluding hydrogens is 536 g/mol. The van der Waals surface area contributed by atoms with Gasteiger partial charge in [0.2, 0.25) is 0 Å². The van der Waals surface area contributed by atoms with Crippen molar-refractivity contribution in [3.05, 3.63) is 29.3 Å². The number of likely N-dealkylation sites (tertiary alicyclic amines) is 1. The van der Waals surface area contributed by atoms with Gasteiger partial charge in [-0.2, -0.15) is 13.2 Å². The topological polar surface area (TPSA) is 58.1 Å². The normalized spacial score (nSPS) is 15.9. The van der Waals surface area contributed by atoms with Crippen LogP contribution in [0, 0.1) is 12.8 Å². The first-order chi connectivity index (χ1) is 14.8. The molecule has 0 aliphatic carbocycles. The van der Waals surface area contributed by atoms with Crippen molar-refractivity contribution in [2.24, 2.45) is 10.9 Å². The van der Waals surface area contributed by atoms with Crippen LogP contribution in [0.2, 0.25) is 0 Å². The summed E-state index contributed by atoms with van der Waals surface area (Å²) < 4.78 is 48.4. The molecule has 6 nitrogen and oxygen atoms in total. The molecule has 0 saturated carbocycles. The van der Waals surface area contributed by atoms with E-state index in [0.29, 0.717) is 44.7 Å². The minimum Gasteiger partial charge on any atom is -0.491 e. The molecule has 1 fully saturated rings. The van der Waals surface area contributed by atoms with Gasteiger partial charge >= 0.3 is 6.18 Å². The number of nitrogens with one attached hydrogen (secondary N) is 2. The van der Waals surface area contributed by atoms with Crippen LogP contribution >= 0.6 is 24.0 Å². The van der Waals surface area contributed by atoms with Crippen LogP contribution in [0.4, 0.5) is 13.2 Å². The van der Waals surface area contributed by atoms with Gasteiger partial charge in [0.05, 0.1) is 13.2 Å². The maximum Gasteiger partial charge on any atom is 0.401 e. The summed E-state index contributed by atoms with van der Waals surface area (Å²) in [6, 6.07) is 6.09. The van der Waals surface area contributed by atoms with Crippen LogP contribution in [-0.4, -0.2) is 70.6 Å². The first-order valence-corrected chi connectivity index (χ1v) is 10.8. The van der Waals surface area contributed by atoms with Gasteiger partial charge in [0.1, 0.15) is 12.4 Å². The van der Waals surface area contributed by atoms with Gasteiger partial charge in [0, 0.05) is 32.8 Å². The lowest BCUT2D eigenvalue weighted by Crippen LogP contribution is -2.41. The van der Waals surface area contributed by atoms with Crippen LogP contribution in [0.25, 0.3) is 0 Å². The number of aryl methyl sites for hydroxylation is 1. The number of methoxy groups -OCH3 is 1. The predicted octanol–water partition coefficient (Wildman–Crippen LogP) is 3.97. The fourth-order valence-electron chi connectivity index (χ4n) is 3.66. The quantitative estimate of drug-likeness (QED) is 0.193. The molecule has 10 heteroatoms. The summed E-state index contributed by atoms with van der Waals surface area (Å²) in [7, 11) is 3.36. The first kappa shape index (κ1) is 28.8. The molecule has 1 aromatic carbocycles. The average Bonchev–Trinajstić information content (AvgIpc) is 2.72. The van der Waals surface area contributed by atoms with Crippen molar-refractivity contribution in [2.45, 2.75) is 38.9 Å². The minimum absolute atomic E-state index is 0. The Labute approximate surface area is 206 Å². The van der Waals surface area contributed by atoms with E-state index in [1.54, 1.807) is 14.2 Å². The number of alkyl halides is 3. The monoisotopic (exact) mass is 572 g/mol. The molecule has 0 aromatic heterocycles. The van der Waals surface area contributed by atoms with E-state index < -0.39 is 12.7 Å². The fourth-order valence-corrected chi connectivity index (χ4v) is 3.66. The highest BCUT2D eigenvalue weighted by molar-refractivity contribution is 14.0. The van der Waals surface area contributed by atoms with Gasteiger partial charge in [-0.05, 0) is 56.8 Å². The first-order valence-electron chi connectivity index (χ1n) is 10.8. The van der Waals surface area contributed by atoms with E-state index in [1.165, 1.54) is 4.90 Å². The van der Waals surface area contributed by atoms with Gasteiger partial charge in [-0.3, -0.25) is 9.89 Å². The maximum atomic E-state index is 12.5. The molecule has 2 rings (SSSR count). The third-order valence-corrected chi connectivity index (χ3v) is 5.39. The lowest BCUT2D eigenvalue weighted by molar-refractivity contribution is -0.148. The molecule has 0 bridgehead atoms. The van der Waals surface area contributed by atoms with Crippen molar-refractivity contribution in [3.8, 4) is 5.75 Å². The zero-order valence-corrected chi connectivity index (χ0v) is 21.5. The maximum absolute atomic E-state index is 12.5. The van der Waals surface area contributed by atoms with E-state index in [-0.39, 0.29) is 24.0 Å². The Bertz CT molecular complexity index is 696. The van der Waals surface area contributed by atoms with E-state index in [0.717, 1.165) is 42.7 Å². The number of piperidine rings is 1. The molecule has 0 spiro atoms. The Hall–Kier alpha value is -1.27.